The second-order valence-corrected chi connectivity index (χ2v) is 9.67. The van der Waals surface area contributed by atoms with Gasteiger partial charge in [-0.15, -0.1) is 0 Å². The minimum atomic E-state index is -3.74. The summed E-state index contributed by atoms with van der Waals surface area (Å²) < 4.78 is 31.6. The van der Waals surface area contributed by atoms with Crippen molar-refractivity contribution < 1.29 is 17.9 Å². The molecule has 0 saturated carbocycles. The number of anilines is 1. The van der Waals surface area contributed by atoms with E-state index in [1.54, 1.807) is 12.1 Å². The second-order valence-electron chi connectivity index (χ2n) is 7.77. The molecule has 0 unspecified atom stereocenters. The van der Waals surface area contributed by atoms with Crippen LogP contribution >= 0.6 is 0 Å². The van der Waals surface area contributed by atoms with Crippen molar-refractivity contribution in [1.82, 2.24) is 5.32 Å². The predicted molar refractivity (Wildman–Crippen MR) is 128 cm³/mol. The minimum Gasteiger partial charge on any atom is -0.495 e. The van der Waals surface area contributed by atoms with Crippen molar-refractivity contribution in [2.75, 3.05) is 24.2 Å². The van der Waals surface area contributed by atoms with E-state index < -0.39 is 22.0 Å². The summed E-state index contributed by atoms with van der Waals surface area (Å²) in [6.07, 6.45) is 1.08. The first kappa shape index (κ1) is 23.3. The maximum atomic E-state index is 13.1. The standard InChI is InChI=1S/C25H28N2O4S/c1-18-10-13-21(14-11-18)25(20-8-6-5-7-9-20)26-24(28)17-27(32(4,29)30)22-16-19(2)12-15-23(22)31-3/h5-16,25H,17H2,1-4H3,(H,26,28)/t25-/m0/s1. The van der Waals surface area contributed by atoms with Crippen LogP contribution in [0.5, 0.6) is 5.75 Å². The van der Waals surface area contributed by atoms with Crippen molar-refractivity contribution in [3.8, 4) is 5.75 Å². The Balaban J connectivity index is 1.93. The Morgan fingerprint density at radius 1 is 0.938 bits per heavy atom. The third-order valence-corrected chi connectivity index (χ3v) is 6.27. The van der Waals surface area contributed by atoms with Crippen molar-refractivity contribution in [2.45, 2.75) is 19.9 Å². The summed E-state index contributed by atoms with van der Waals surface area (Å²) in [5, 5.41) is 3.01. The molecule has 3 rings (SSSR count). The molecule has 3 aromatic carbocycles. The fraction of sp³-hybridized carbons (Fsp3) is 0.240. The lowest BCUT2D eigenvalue weighted by Crippen LogP contribution is -2.42. The Kier molecular flexibility index (Phi) is 7.20. The molecule has 6 nitrogen and oxygen atoms in total. The van der Waals surface area contributed by atoms with E-state index in [-0.39, 0.29) is 6.54 Å². The molecule has 0 heterocycles. The minimum absolute atomic E-state index is 0.330. The summed E-state index contributed by atoms with van der Waals surface area (Å²) in [4.78, 5) is 13.1. The maximum Gasteiger partial charge on any atom is 0.241 e. The number of ether oxygens (including phenoxy) is 1. The van der Waals surface area contributed by atoms with Crippen LogP contribution in [0.4, 0.5) is 5.69 Å². The van der Waals surface area contributed by atoms with Crippen LogP contribution in [0.15, 0.2) is 72.8 Å². The molecule has 0 aliphatic carbocycles. The van der Waals surface area contributed by atoms with Gasteiger partial charge in [0.15, 0.2) is 0 Å². The average molecular weight is 453 g/mol. The monoisotopic (exact) mass is 452 g/mol. The number of methoxy groups -OCH3 is 1. The van der Waals surface area contributed by atoms with Gasteiger partial charge in [-0.3, -0.25) is 9.10 Å². The molecule has 32 heavy (non-hydrogen) atoms. The summed E-state index contributed by atoms with van der Waals surface area (Å²) in [5.74, 6) is -0.0413. The first-order chi connectivity index (χ1) is 15.2. The molecule has 1 atom stereocenters. The molecular weight excluding hydrogens is 424 g/mol. The zero-order chi connectivity index (χ0) is 23.3. The van der Waals surface area contributed by atoms with Crippen LogP contribution in [0.25, 0.3) is 0 Å². The summed E-state index contributed by atoms with van der Waals surface area (Å²) in [5.41, 5.74) is 4.12. The van der Waals surface area contributed by atoms with Gasteiger partial charge in [0.2, 0.25) is 15.9 Å². The van der Waals surface area contributed by atoms with Gasteiger partial charge in [0.05, 0.1) is 25.1 Å². The molecule has 0 aliphatic rings. The Labute approximate surface area is 189 Å². The number of carbonyl (C=O) groups excluding carboxylic acids is 1. The highest BCUT2D eigenvalue weighted by atomic mass is 32.2. The quantitative estimate of drug-likeness (QED) is 0.561. The molecule has 0 fully saturated rings. The molecule has 3 aromatic rings. The van der Waals surface area contributed by atoms with Gasteiger partial charge in [-0.05, 0) is 42.7 Å². The highest BCUT2D eigenvalue weighted by Crippen LogP contribution is 2.31. The maximum absolute atomic E-state index is 13.1. The van der Waals surface area contributed by atoms with Crippen LogP contribution in [-0.4, -0.2) is 34.2 Å². The van der Waals surface area contributed by atoms with Gasteiger partial charge >= 0.3 is 0 Å². The molecular formula is C25H28N2O4S. The molecule has 0 spiro atoms. The molecule has 0 aliphatic heterocycles. The van der Waals surface area contributed by atoms with Crippen molar-refractivity contribution in [1.29, 1.82) is 0 Å². The van der Waals surface area contributed by atoms with Crippen molar-refractivity contribution >= 4 is 21.6 Å². The fourth-order valence-corrected chi connectivity index (χ4v) is 4.33. The third kappa shape index (κ3) is 5.68. The van der Waals surface area contributed by atoms with E-state index in [1.165, 1.54) is 7.11 Å². The van der Waals surface area contributed by atoms with Gasteiger partial charge < -0.3 is 10.1 Å². The fourth-order valence-electron chi connectivity index (χ4n) is 3.48. The van der Waals surface area contributed by atoms with Crippen molar-refractivity contribution in [2.24, 2.45) is 0 Å². The number of carbonyl (C=O) groups is 1. The van der Waals surface area contributed by atoms with Gasteiger partial charge in [-0.2, -0.15) is 0 Å². The average Bonchev–Trinajstić information content (AvgIpc) is 2.76. The van der Waals surface area contributed by atoms with Crippen LogP contribution in [-0.2, 0) is 14.8 Å². The molecule has 0 saturated heterocycles. The molecule has 168 valence electrons. The van der Waals surface area contributed by atoms with Crippen LogP contribution in [0.1, 0.15) is 28.3 Å². The summed E-state index contributed by atoms with van der Waals surface area (Å²) in [7, 11) is -2.27. The first-order valence-electron chi connectivity index (χ1n) is 10.2. The van der Waals surface area contributed by atoms with E-state index >= 15 is 0 Å². The number of aryl methyl sites for hydroxylation is 2. The normalized spacial score (nSPS) is 12.1. The lowest BCUT2D eigenvalue weighted by molar-refractivity contribution is -0.120. The van der Waals surface area contributed by atoms with E-state index in [0.717, 1.165) is 32.8 Å². The smallest absolute Gasteiger partial charge is 0.241 e. The van der Waals surface area contributed by atoms with Gasteiger partial charge in [-0.1, -0.05) is 66.2 Å². The zero-order valence-corrected chi connectivity index (χ0v) is 19.5. The number of nitrogens with one attached hydrogen (secondary N) is 1. The number of nitrogens with zero attached hydrogens (tertiary/aromatic N) is 1. The predicted octanol–water partition coefficient (Wildman–Crippen LogP) is 3.98. The Morgan fingerprint density at radius 3 is 2.12 bits per heavy atom. The molecule has 0 radical (unpaired) electrons. The van der Waals surface area contributed by atoms with E-state index in [2.05, 4.69) is 5.32 Å². The largest absolute Gasteiger partial charge is 0.495 e. The van der Waals surface area contributed by atoms with Crippen LogP contribution in [0, 0.1) is 13.8 Å². The lowest BCUT2D eigenvalue weighted by Gasteiger charge is -2.26. The number of hydrogen-bond acceptors (Lipinski definition) is 4. The van der Waals surface area contributed by atoms with E-state index in [4.69, 9.17) is 4.74 Å². The number of amides is 1. The summed E-state index contributed by atoms with van der Waals surface area (Å²) >= 11 is 0. The second kappa shape index (κ2) is 9.87. The Bertz CT molecular complexity index is 1180. The topological polar surface area (TPSA) is 75.7 Å². The SMILES string of the molecule is COc1ccc(C)cc1N(CC(=O)N[C@@H](c1ccccc1)c1ccc(C)cc1)S(C)(=O)=O. The van der Waals surface area contributed by atoms with Crippen molar-refractivity contribution in [3.05, 3.63) is 95.1 Å². The number of benzene rings is 3. The van der Waals surface area contributed by atoms with E-state index in [0.29, 0.717) is 11.4 Å². The third-order valence-electron chi connectivity index (χ3n) is 5.14. The zero-order valence-electron chi connectivity index (χ0n) is 18.7. The number of sulfonamides is 1. The lowest BCUT2D eigenvalue weighted by atomic mass is 9.98. The van der Waals surface area contributed by atoms with Gasteiger partial charge in [-0.25, -0.2) is 8.42 Å². The first-order valence-corrected chi connectivity index (χ1v) is 12.1. The van der Waals surface area contributed by atoms with Crippen molar-refractivity contribution in [3.63, 3.8) is 0 Å². The van der Waals surface area contributed by atoms with Gasteiger partial charge in [0.25, 0.3) is 0 Å². The van der Waals surface area contributed by atoms with E-state index in [1.807, 2.05) is 74.5 Å². The molecule has 1 amide bonds. The molecule has 7 heteroatoms. The number of rotatable bonds is 8. The van der Waals surface area contributed by atoms with Gasteiger partial charge in [0.1, 0.15) is 12.3 Å². The summed E-state index contributed by atoms with van der Waals surface area (Å²) in [6.45, 7) is 3.49. The molecule has 0 aromatic heterocycles. The van der Waals surface area contributed by atoms with Crippen LogP contribution in [0.2, 0.25) is 0 Å². The highest BCUT2D eigenvalue weighted by Gasteiger charge is 2.26. The Hall–Kier alpha value is -3.32. The van der Waals surface area contributed by atoms with Crippen LogP contribution < -0.4 is 14.4 Å². The number of hydrogen-bond donors (Lipinski definition) is 1. The Morgan fingerprint density at radius 2 is 1.53 bits per heavy atom. The van der Waals surface area contributed by atoms with E-state index in [9.17, 15) is 13.2 Å². The summed E-state index contributed by atoms with van der Waals surface area (Å²) in [6, 6.07) is 22.3. The molecule has 1 N–H and O–H groups in total. The molecule has 0 bridgehead atoms. The van der Waals surface area contributed by atoms with Crippen LogP contribution in [0.3, 0.4) is 0 Å². The van der Waals surface area contributed by atoms with Gasteiger partial charge in [0, 0.05) is 0 Å². The highest BCUT2D eigenvalue weighted by molar-refractivity contribution is 7.92.